The van der Waals surface area contributed by atoms with Crippen molar-refractivity contribution >= 4 is 15.6 Å². The van der Waals surface area contributed by atoms with E-state index in [0.29, 0.717) is 11.1 Å². The van der Waals surface area contributed by atoms with E-state index in [2.05, 4.69) is 30.3 Å². The van der Waals surface area contributed by atoms with Gasteiger partial charge in [-0.1, -0.05) is 60.7 Å². The fourth-order valence-electron chi connectivity index (χ4n) is 7.34. The lowest BCUT2D eigenvalue weighted by Crippen LogP contribution is -2.85. The Labute approximate surface area is 344 Å². The molecule has 6 heterocycles. The smallest absolute Gasteiger partial charge is 0.187 e. The molecule has 58 heavy (non-hydrogen) atoms. The zero-order valence-corrected chi connectivity index (χ0v) is 35.7. The molecule has 2 aromatic rings. The van der Waals surface area contributed by atoms with Gasteiger partial charge in [0.15, 0.2) is 12.6 Å². The molecule has 6 atom stereocenters. The second kappa shape index (κ2) is 28.0. The Morgan fingerprint density at radius 1 is 0.552 bits per heavy atom. The van der Waals surface area contributed by atoms with Gasteiger partial charge >= 0.3 is 0 Å². The number of piperidine rings is 4. The van der Waals surface area contributed by atoms with Crippen molar-refractivity contribution < 1.29 is 78.0 Å². The molecule has 16 nitrogen and oxygen atoms in total. The van der Waals surface area contributed by atoms with Crippen LogP contribution in [0.25, 0.3) is 0 Å². The van der Waals surface area contributed by atoms with Crippen LogP contribution in [0.5, 0.6) is 0 Å². The Bertz CT molecular complexity index is 1330. The molecule has 8 N–H and O–H groups in total. The van der Waals surface area contributed by atoms with Crippen LogP contribution in [0.1, 0.15) is 94.5 Å². The van der Waals surface area contributed by atoms with Gasteiger partial charge in [0, 0.05) is 5.56 Å². The largest absolute Gasteiger partial charge is 0.790 e. The first-order valence-electron chi connectivity index (χ1n) is 21.4. The third-order valence-corrected chi connectivity index (χ3v) is 11.4. The summed E-state index contributed by atoms with van der Waals surface area (Å²) in [6, 6.07) is 17.2. The monoisotopic (exact) mass is 858 g/mol. The van der Waals surface area contributed by atoms with Crippen LogP contribution in [-0.2, 0) is 43.7 Å². The maximum Gasteiger partial charge on any atom is 0.187 e. The van der Waals surface area contributed by atoms with Gasteiger partial charge in [-0.15, -0.1) is 0 Å². The molecule has 8 rings (SSSR count). The van der Waals surface area contributed by atoms with Gasteiger partial charge in [0.1, 0.15) is 24.4 Å². The molecule has 0 bridgehead atoms. The Morgan fingerprint density at radius 2 is 0.966 bits per heavy atom. The predicted molar refractivity (Wildman–Crippen MR) is 207 cm³/mol. The molecule has 6 aliphatic rings. The Morgan fingerprint density at radius 3 is 1.34 bits per heavy atom. The number of hydrogen-bond acceptors (Lipinski definition) is 12. The van der Waals surface area contributed by atoms with Crippen LogP contribution in [0.2, 0.25) is 0 Å². The zero-order valence-electron chi connectivity index (χ0n) is 33.9. The minimum Gasteiger partial charge on any atom is -0.790 e. The third-order valence-electron chi connectivity index (χ3n) is 10.4. The van der Waals surface area contributed by atoms with Gasteiger partial charge < -0.3 is 78.0 Å². The predicted octanol–water partition coefficient (Wildman–Crippen LogP) is -1.60. The number of hydrogen-bond donors (Lipinski definition) is 4. The summed E-state index contributed by atoms with van der Waals surface area (Å²) in [6.45, 7) is 10.7. The third kappa shape index (κ3) is 20.7. The lowest BCUT2D eigenvalue weighted by molar-refractivity contribution is -0.662. The maximum atomic E-state index is 11.5. The van der Waals surface area contributed by atoms with Crippen molar-refractivity contribution in [3.63, 3.8) is 0 Å². The van der Waals surface area contributed by atoms with Gasteiger partial charge in [-0.25, -0.2) is 0 Å². The molecule has 6 saturated heterocycles. The number of benzene rings is 2. The highest BCUT2D eigenvalue weighted by Gasteiger charge is 2.52. The quantitative estimate of drug-likeness (QED) is 0.220. The number of rotatable bonds is 8. The van der Waals surface area contributed by atoms with Gasteiger partial charge in [-0.2, -0.15) is 0 Å². The summed E-state index contributed by atoms with van der Waals surface area (Å²) >= 11 is 0. The van der Waals surface area contributed by atoms with Crippen LogP contribution in [0.3, 0.4) is 0 Å². The highest BCUT2D eigenvalue weighted by atomic mass is 31.2. The lowest BCUT2D eigenvalue weighted by atomic mass is 9.98. The summed E-state index contributed by atoms with van der Waals surface area (Å²) in [5.74, 6) is 0. The zero-order chi connectivity index (χ0) is 41.3. The van der Waals surface area contributed by atoms with Crippen molar-refractivity contribution in [2.45, 2.75) is 121 Å². The normalized spacial score (nSPS) is 27.5. The van der Waals surface area contributed by atoms with Gasteiger partial charge in [0.2, 0.25) is 0 Å². The molecule has 2 aromatic carbocycles. The van der Waals surface area contributed by atoms with Crippen molar-refractivity contribution in [3.8, 4) is 0 Å². The molecule has 6 fully saturated rings. The van der Waals surface area contributed by atoms with Crippen LogP contribution in [-0.4, -0.2) is 89.7 Å². The maximum absolute atomic E-state index is 11.5. The van der Waals surface area contributed by atoms with E-state index in [1.807, 2.05) is 0 Å². The lowest BCUT2D eigenvalue weighted by Gasteiger charge is -2.52. The summed E-state index contributed by atoms with van der Waals surface area (Å²) < 4.78 is 55.0. The molecule has 0 aromatic heterocycles. The van der Waals surface area contributed by atoms with Crippen LogP contribution in [0.4, 0.5) is 0 Å². The highest BCUT2D eigenvalue weighted by Crippen LogP contribution is 2.44. The van der Waals surface area contributed by atoms with Crippen molar-refractivity contribution in [2.75, 3.05) is 59.0 Å². The van der Waals surface area contributed by atoms with Gasteiger partial charge in [0.25, 0.3) is 0 Å². The first kappa shape index (κ1) is 49.0. The summed E-state index contributed by atoms with van der Waals surface area (Å²) in [7, 11) is -11.4. The van der Waals surface area contributed by atoms with E-state index in [4.69, 9.17) is 18.9 Å². The summed E-state index contributed by atoms with van der Waals surface area (Å²) in [6.07, 6.45) is 8.62. The van der Waals surface area contributed by atoms with E-state index in [1.54, 1.807) is 60.7 Å². The van der Waals surface area contributed by atoms with E-state index in [1.165, 1.54) is 129 Å². The van der Waals surface area contributed by atoms with Crippen LogP contribution >= 0.6 is 15.6 Å². The van der Waals surface area contributed by atoms with Crippen molar-refractivity contribution in [2.24, 2.45) is 0 Å². The average Bonchev–Trinajstić information content (AvgIpc) is 3.27. The molecule has 0 amide bonds. The molecule has 0 spiro atoms. The van der Waals surface area contributed by atoms with Crippen molar-refractivity contribution in [1.82, 2.24) is 0 Å². The number of nitrogens with two attached hydrogens (primary N) is 4. The van der Waals surface area contributed by atoms with Gasteiger partial charge in [-0.05, 0) is 82.6 Å². The Kier molecular flexibility index (Phi) is 23.7. The second-order valence-electron chi connectivity index (χ2n) is 15.3. The molecule has 1 unspecified atom stereocenters. The van der Waals surface area contributed by atoms with E-state index < -0.39 is 52.6 Å². The molecule has 0 aliphatic carbocycles. The SMILES string of the molecule is C1CC[NH2+]CC1.C1CC[NH2+]CC1.C1CC[NH2+]CC1.C1CC[NH2+]CC1.O=P([O-])([O-])O[C@H]1[C@H]2OC(c3ccccc3)OC[C@H]2O[C@@H](OCc2ccccc2)[C@@H]1OP(=O)([O-])[O-]. The molecule has 330 valence electrons. The number of quaternary nitrogens is 4. The van der Waals surface area contributed by atoms with Crippen LogP contribution < -0.4 is 40.8 Å². The molecule has 0 radical (unpaired) electrons. The minimum atomic E-state index is -5.71. The van der Waals surface area contributed by atoms with Crippen LogP contribution in [0.15, 0.2) is 60.7 Å². The summed E-state index contributed by atoms with van der Waals surface area (Å²) in [5.41, 5.74) is 1.22. The number of ether oxygens (including phenoxy) is 4. The molecular weight excluding hydrogens is 790 g/mol. The topological polar surface area (TPSA) is 248 Å². The first-order chi connectivity index (χ1) is 28.1. The van der Waals surface area contributed by atoms with E-state index in [-0.39, 0.29) is 13.2 Å². The van der Waals surface area contributed by atoms with Gasteiger partial charge in [0.05, 0.1) is 81.2 Å². The fourth-order valence-corrected chi connectivity index (χ4v) is 8.39. The number of phosphoric acid groups is 2. The van der Waals surface area contributed by atoms with Crippen molar-refractivity contribution in [3.05, 3.63) is 71.8 Å². The molecule has 6 aliphatic heterocycles. The van der Waals surface area contributed by atoms with Crippen LogP contribution in [0, 0.1) is 0 Å². The number of fused-ring (bicyclic) bond motifs is 1. The molecule has 18 heteroatoms. The van der Waals surface area contributed by atoms with Crippen molar-refractivity contribution in [1.29, 1.82) is 0 Å². The minimum absolute atomic E-state index is 0.113. The van der Waals surface area contributed by atoms with Gasteiger partial charge in [-0.3, -0.25) is 0 Å². The molecule has 0 saturated carbocycles. The van der Waals surface area contributed by atoms with E-state index in [0.717, 1.165) is 0 Å². The number of phosphoric ester groups is 2. The Balaban J connectivity index is 0.000000244. The summed E-state index contributed by atoms with van der Waals surface area (Å²) in [4.78, 5) is 46.0. The Hall–Kier alpha value is -1.66. The first-order valence-corrected chi connectivity index (χ1v) is 24.3. The fraction of sp³-hybridized carbons (Fsp3) is 0.700. The standard InChI is InChI=1S/C20H24O12P2.4C5H11N/c21-33(22,23)31-17-16-15(12-28-19(30-16)14-9-5-2-6-10-14)29-20(18(17)32-34(24,25)26)27-11-13-7-3-1-4-8-13;4*1-2-4-6-5-3-1/h1-10,15-20H,11-12H2,(H2,21,22,23)(H2,24,25,26);4*6H,1-5H2/t15-,16+,17+,18-,19?,20-;;;;/m1..../s1. The van der Waals surface area contributed by atoms with E-state index >= 15 is 0 Å². The van der Waals surface area contributed by atoms with E-state index in [9.17, 15) is 28.7 Å². The second-order valence-corrected chi connectivity index (χ2v) is 17.5. The highest BCUT2D eigenvalue weighted by molar-refractivity contribution is 7.43. The average molecular weight is 859 g/mol. The molecular formula is C40H68N4O12P2. The summed E-state index contributed by atoms with van der Waals surface area (Å²) in [5, 5.41) is 9.57.